The number of benzene rings is 1. The van der Waals surface area contributed by atoms with Gasteiger partial charge in [-0.25, -0.2) is 4.79 Å². The maximum atomic E-state index is 11.5. The highest BCUT2D eigenvalue weighted by molar-refractivity contribution is 5.96. The number of esters is 1. The summed E-state index contributed by atoms with van der Waals surface area (Å²) < 4.78 is 4.67. The van der Waals surface area contributed by atoms with E-state index in [9.17, 15) is 4.79 Å². The molecule has 5 nitrogen and oxygen atoms in total. The van der Waals surface area contributed by atoms with Crippen molar-refractivity contribution in [2.24, 2.45) is 0 Å². The Morgan fingerprint density at radius 2 is 2.28 bits per heavy atom. The maximum absolute atomic E-state index is 11.5. The number of nitrogens with two attached hydrogens (primary N) is 1. The highest BCUT2D eigenvalue weighted by Gasteiger charge is 2.15. The third kappa shape index (κ3) is 2.92. The number of rotatable bonds is 4. The van der Waals surface area contributed by atoms with E-state index < -0.39 is 5.97 Å². The fraction of sp³-hybridized carbons (Fsp3) is 0.385. The number of nitrogen functional groups attached to an aromatic ring is 1. The Kier molecular flexibility index (Phi) is 4.55. The summed E-state index contributed by atoms with van der Waals surface area (Å²) in [4.78, 5) is 13.5. The van der Waals surface area contributed by atoms with Gasteiger partial charge in [-0.1, -0.05) is 0 Å². The molecule has 96 valence electrons. The van der Waals surface area contributed by atoms with Crippen molar-refractivity contribution in [1.29, 1.82) is 5.26 Å². The first-order valence-electron chi connectivity index (χ1n) is 5.58. The number of ether oxygens (including phenoxy) is 1. The van der Waals surface area contributed by atoms with Gasteiger partial charge < -0.3 is 15.4 Å². The van der Waals surface area contributed by atoms with Crippen LogP contribution in [0.25, 0.3) is 0 Å². The van der Waals surface area contributed by atoms with Crippen LogP contribution < -0.4 is 10.6 Å². The third-order valence-corrected chi connectivity index (χ3v) is 2.90. The quantitative estimate of drug-likeness (QED) is 0.648. The lowest BCUT2D eigenvalue weighted by molar-refractivity contribution is 0.0602. The van der Waals surface area contributed by atoms with E-state index in [0.29, 0.717) is 17.7 Å². The Bertz CT molecular complexity index is 480. The number of hydrogen-bond acceptors (Lipinski definition) is 5. The van der Waals surface area contributed by atoms with Crippen LogP contribution in [0, 0.1) is 11.3 Å². The Morgan fingerprint density at radius 1 is 1.61 bits per heavy atom. The molecule has 0 heterocycles. The molecule has 0 bridgehead atoms. The summed E-state index contributed by atoms with van der Waals surface area (Å²) in [6.45, 7) is 1.94. The molecule has 0 aliphatic rings. The zero-order chi connectivity index (χ0) is 13.7. The third-order valence-electron chi connectivity index (χ3n) is 2.90. The Balaban J connectivity index is 3.05. The van der Waals surface area contributed by atoms with E-state index in [1.165, 1.54) is 7.11 Å². The van der Waals surface area contributed by atoms with E-state index in [2.05, 4.69) is 10.8 Å². The second-order valence-electron chi connectivity index (χ2n) is 4.09. The predicted molar refractivity (Wildman–Crippen MR) is 70.3 cm³/mol. The second-order valence-corrected chi connectivity index (χ2v) is 4.09. The molecule has 1 unspecified atom stereocenters. The Morgan fingerprint density at radius 3 is 2.83 bits per heavy atom. The average Bonchev–Trinajstić information content (AvgIpc) is 2.38. The summed E-state index contributed by atoms with van der Waals surface area (Å²) in [7, 11) is 3.19. The molecular weight excluding hydrogens is 230 g/mol. The highest BCUT2D eigenvalue weighted by Crippen LogP contribution is 2.23. The molecule has 2 N–H and O–H groups in total. The predicted octanol–water partition coefficient (Wildman–Crippen LogP) is 1.79. The van der Waals surface area contributed by atoms with Gasteiger partial charge in [0.15, 0.2) is 0 Å². The Hall–Kier alpha value is -2.22. The highest BCUT2D eigenvalue weighted by atomic mass is 16.5. The van der Waals surface area contributed by atoms with E-state index in [0.717, 1.165) is 5.69 Å². The number of carbonyl (C=O) groups is 1. The van der Waals surface area contributed by atoms with Crippen molar-refractivity contribution >= 4 is 17.3 Å². The molecule has 0 aliphatic heterocycles. The summed E-state index contributed by atoms with van der Waals surface area (Å²) in [5.41, 5.74) is 7.28. The van der Waals surface area contributed by atoms with Crippen LogP contribution in [0.2, 0.25) is 0 Å². The minimum atomic E-state index is -0.462. The van der Waals surface area contributed by atoms with Gasteiger partial charge in [-0.2, -0.15) is 5.26 Å². The lowest BCUT2D eigenvalue weighted by atomic mass is 10.1. The molecule has 0 radical (unpaired) electrons. The molecule has 1 aromatic carbocycles. The molecule has 1 aromatic rings. The fourth-order valence-electron chi connectivity index (χ4n) is 1.57. The van der Waals surface area contributed by atoms with Gasteiger partial charge in [0.25, 0.3) is 0 Å². The van der Waals surface area contributed by atoms with Crippen LogP contribution in [-0.4, -0.2) is 26.2 Å². The van der Waals surface area contributed by atoms with Crippen molar-refractivity contribution in [3.63, 3.8) is 0 Å². The van der Waals surface area contributed by atoms with Crippen LogP contribution in [0.15, 0.2) is 18.2 Å². The molecular formula is C13H17N3O2. The van der Waals surface area contributed by atoms with Gasteiger partial charge in [0, 0.05) is 24.5 Å². The number of nitriles is 1. The van der Waals surface area contributed by atoms with E-state index in [1.54, 1.807) is 12.1 Å². The molecule has 0 aliphatic carbocycles. The fourth-order valence-corrected chi connectivity index (χ4v) is 1.57. The van der Waals surface area contributed by atoms with Crippen LogP contribution in [0.3, 0.4) is 0 Å². The number of methoxy groups -OCH3 is 1. The van der Waals surface area contributed by atoms with Crippen molar-refractivity contribution in [3.8, 4) is 6.07 Å². The van der Waals surface area contributed by atoms with Crippen LogP contribution in [0.1, 0.15) is 23.7 Å². The van der Waals surface area contributed by atoms with Gasteiger partial charge in [-0.05, 0) is 25.1 Å². The summed E-state index contributed by atoms with van der Waals surface area (Å²) in [5.74, 6) is -0.462. The largest absolute Gasteiger partial charge is 0.465 e. The van der Waals surface area contributed by atoms with E-state index >= 15 is 0 Å². The molecule has 18 heavy (non-hydrogen) atoms. The van der Waals surface area contributed by atoms with Crippen LogP contribution in [-0.2, 0) is 4.74 Å². The van der Waals surface area contributed by atoms with Crippen LogP contribution in [0.4, 0.5) is 11.4 Å². The molecule has 0 aromatic heterocycles. The van der Waals surface area contributed by atoms with Crippen LogP contribution >= 0.6 is 0 Å². The SMILES string of the molecule is COC(=O)c1cc(N(C)C(C)CC#N)ccc1N. The van der Waals surface area contributed by atoms with Crippen molar-refractivity contribution in [3.05, 3.63) is 23.8 Å². The molecule has 0 amide bonds. The van der Waals surface area contributed by atoms with Crippen molar-refractivity contribution in [2.75, 3.05) is 24.8 Å². The topological polar surface area (TPSA) is 79.3 Å². The van der Waals surface area contributed by atoms with Gasteiger partial charge in [0.05, 0.1) is 25.2 Å². The molecule has 0 fully saturated rings. The van der Waals surface area contributed by atoms with Crippen molar-refractivity contribution in [1.82, 2.24) is 0 Å². The number of nitrogens with zero attached hydrogens (tertiary/aromatic N) is 2. The second kappa shape index (κ2) is 5.92. The van der Waals surface area contributed by atoms with Crippen molar-refractivity contribution in [2.45, 2.75) is 19.4 Å². The van der Waals surface area contributed by atoms with E-state index in [4.69, 9.17) is 11.0 Å². The molecule has 1 atom stereocenters. The number of hydrogen-bond donors (Lipinski definition) is 1. The monoisotopic (exact) mass is 247 g/mol. The van der Waals surface area contributed by atoms with Crippen molar-refractivity contribution < 1.29 is 9.53 Å². The smallest absolute Gasteiger partial charge is 0.340 e. The van der Waals surface area contributed by atoms with Gasteiger partial charge in [0.1, 0.15) is 0 Å². The normalized spacial score (nSPS) is 11.4. The average molecular weight is 247 g/mol. The molecule has 0 saturated carbocycles. The van der Waals surface area contributed by atoms with Gasteiger partial charge >= 0.3 is 5.97 Å². The number of carbonyl (C=O) groups excluding carboxylic acids is 1. The Labute approximate surface area is 107 Å². The first-order valence-corrected chi connectivity index (χ1v) is 5.58. The minimum absolute atomic E-state index is 0.0594. The van der Waals surface area contributed by atoms with E-state index in [1.807, 2.05) is 24.9 Å². The minimum Gasteiger partial charge on any atom is -0.465 e. The first-order chi connectivity index (χ1) is 8.51. The van der Waals surface area contributed by atoms with Gasteiger partial charge in [0.2, 0.25) is 0 Å². The van der Waals surface area contributed by atoms with Gasteiger partial charge in [-0.3, -0.25) is 0 Å². The summed E-state index contributed by atoms with van der Waals surface area (Å²) in [6.07, 6.45) is 0.411. The lowest BCUT2D eigenvalue weighted by Crippen LogP contribution is -2.28. The molecule has 0 spiro atoms. The lowest BCUT2D eigenvalue weighted by Gasteiger charge is -2.25. The number of anilines is 2. The maximum Gasteiger partial charge on any atom is 0.340 e. The van der Waals surface area contributed by atoms with Crippen LogP contribution in [0.5, 0.6) is 0 Å². The molecule has 1 rings (SSSR count). The van der Waals surface area contributed by atoms with E-state index in [-0.39, 0.29) is 6.04 Å². The first kappa shape index (κ1) is 13.8. The summed E-state index contributed by atoms with van der Waals surface area (Å²) >= 11 is 0. The van der Waals surface area contributed by atoms with Gasteiger partial charge in [-0.15, -0.1) is 0 Å². The molecule has 0 saturated heterocycles. The molecule has 5 heteroatoms. The standard InChI is InChI=1S/C13H17N3O2/c1-9(6-7-14)16(2)10-4-5-12(15)11(8-10)13(17)18-3/h4-5,8-9H,6,15H2,1-3H3. The zero-order valence-corrected chi connectivity index (χ0v) is 10.8. The zero-order valence-electron chi connectivity index (χ0n) is 10.8. The summed E-state index contributed by atoms with van der Waals surface area (Å²) in [6, 6.07) is 7.33. The summed E-state index contributed by atoms with van der Waals surface area (Å²) in [5, 5.41) is 8.69.